The van der Waals surface area contributed by atoms with E-state index in [1.165, 1.54) is 0 Å². The summed E-state index contributed by atoms with van der Waals surface area (Å²) in [5.41, 5.74) is 0. The molecule has 2 amide bonds. The summed E-state index contributed by atoms with van der Waals surface area (Å²) in [6.07, 6.45) is 3.32. The lowest BCUT2D eigenvalue weighted by Gasteiger charge is -2.27. The highest BCUT2D eigenvalue weighted by Crippen LogP contribution is 2.20. The largest absolute Gasteiger partial charge is 0.393 e. The summed E-state index contributed by atoms with van der Waals surface area (Å²) in [4.78, 5) is 24.9. The van der Waals surface area contributed by atoms with Crippen LogP contribution in [0.1, 0.15) is 32.1 Å². The van der Waals surface area contributed by atoms with Gasteiger partial charge in [0.25, 0.3) is 0 Å². The van der Waals surface area contributed by atoms with Crippen LogP contribution in [0, 0.1) is 5.92 Å². The van der Waals surface area contributed by atoms with Crippen LogP contribution in [0.25, 0.3) is 0 Å². The summed E-state index contributed by atoms with van der Waals surface area (Å²) in [6.45, 7) is 0.528. The molecule has 17 heavy (non-hydrogen) atoms. The summed E-state index contributed by atoms with van der Waals surface area (Å²) in [7, 11) is 1.73. The van der Waals surface area contributed by atoms with E-state index in [-0.39, 0.29) is 29.9 Å². The van der Waals surface area contributed by atoms with Crippen molar-refractivity contribution < 1.29 is 14.7 Å². The first kappa shape index (κ1) is 12.4. The normalized spacial score (nSPS) is 33.9. The molecule has 1 aliphatic carbocycles. The lowest BCUT2D eigenvalue weighted by molar-refractivity contribution is -0.128. The van der Waals surface area contributed by atoms with Crippen LogP contribution in [0.2, 0.25) is 0 Å². The molecule has 0 spiro atoms. The number of nitrogens with zero attached hydrogens (tertiary/aromatic N) is 1. The predicted molar refractivity (Wildman–Crippen MR) is 62.1 cm³/mol. The molecule has 5 heteroatoms. The van der Waals surface area contributed by atoms with Crippen LogP contribution in [0.15, 0.2) is 0 Å². The van der Waals surface area contributed by atoms with E-state index in [1.54, 1.807) is 11.9 Å². The number of hydrogen-bond donors (Lipinski definition) is 2. The molecule has 0 aromatic heterocycles. The van der Waals surface area contributed by atoms with Crippen LogP contribution < -0.4 is 5.32 Å². The van der Waals surface area contributed by atoms with Gasteiger partial charge in [0.2, 0.25) is 11.8 Å². The highest BCUT2D eigenvalue weighted by molar-refractivity contribution is 5.89. The Labute approximate surface area is 101 Å². The third kappa shape index (κ3) is 2.97. The summed E-state index contributed by atoms with van der Waals surface area (Å²) < 4.78 is 0. The second-order valence-corrected chi connectivity index (χ2v) is 5.19. The molecule has 0 aromatic rings. The predicted octanol–water partition coefficient (Wildman–Crippen LogP) is -0.116. The zero-order chi connectivity index (χ0) is 12.4. The number of aliphatic hydroxyl groups excluding tert-OH is 1. The zero-order valence-electron chi connectivity index (χ0n) is 10.2. The molecule has 2 N–H and O–H groups in total. The molecule has 1 saturated carbocycles. The first-order valence-electron chi connectivity index (χ1n) is 6.28. The molecule has 2 rings (SSSR count). The number of hydrogen-bond acceptors (Lipinski definition) is 3. The minimum atomic E-state index is -0.206. The molecule has 5 nitrogen and oxygen atoms in total. The van der Waals surface area contributed by atoms with E-state index < -0.39 is 0 Å². The second-order valence-electron chi connectivity index (χ2n) is 5.19. The van der Waals surface area contributed by atoms with Gasteiger partial charge in [0.15, 0.2) is 0 Å². The van der Waals surface area contributed by atoms with E-state index in [0.717, 1.165) is 25.7 Å². The lowest BCUT2D eigenvalue weighted by atomic mass is 9.92. The fourth-order valence-electron chi connectivity index (χ4n) is 2.58. The quantitative estimate of drug-likeness (QED) is 0.707. The van der Waals surface area contributed by atoms with Crippen LogP contribution in [0.3, 0.4) is 0 Å². The number of likely N-dealkylation sites (tertiary alicyclic amines) is 1. The van der Waals surface area contributed by atoms with Crippen molar-refractivity contribution >= 4 is 11.8 Å². The van der Waals surface area contributed by atoms with E-state index in [1.807, 2.05) is 0 Å². The van der Waals surface area contributed by atoms with Crippen molar-refractivity contribution in [2.24, 2.45) is 5.92 Å². The van der Waals surface area contributed by atoms with Gasteiger partial charge in [-0.3, -0.25) is 9.59 Å². The van der Waals surface area contributed by atoms with Gasteiger partial charge in [0.05, 0.1) is 12.0 Å². The number of aliphatic hydroxyl groups is 1. The van der Waals surface area contributed by atoms with Crippen LogP contribution in [0.5, 0.6) is 0 Å². The maximum atomic E-state index is 11.9. The van der Waals surface area contributed by atoms with Gasteiger partial charge in [0, 0.05) is 26.1 Å². The summed E-state index contributed by atoms with van der Waals surface area (Å²) in [6, 6.07) is 0.173. The van der Waals surface area contributed by atoms with Crippen molar-refractivity contribution in [2.45, 2.75) is 44.2 Å². The van der Waals surface area contributed by atoms with E-state index >= 15 is 0 Å². The first-order valence-corrected chi connectivity index (χ1v) is 6.28. The summed E-state index contributed by atoms with van der Waals surface area (Å²) >= 11 is 0. The zero-order valence-corrected chi connectivity index (χ0v) is 10.2. The van der Waals surface area contributed by atoms with Gasteiger partial charge >= 0.3 is 0 Å². The van der Waals surface area contributed by atoms with Crippen LogP contribution in [0.4, 0.5) is 0 Å². The molecule has 1 unspecified atom stereocenters. The Hall–Kier alpha value is -1.10. The lowest BCUT2D eigenvalue weighted by Crippen LogP contribution is -2.42. The molecule has 2 fully saturated rings. The van der Waals surface area contributed by atoms with Crippen molar-refractivity contribution in [3.8, 4) is 0 Å². The van der Waals surface area contributed by atoms with Gasteiger partial charge < -0.3 is 15.3 Å². The summed E-state index contributed by atoms with van der Waals surface area (Å²) in [5, 5.41) is 12.4. The highest BCUT2D eigenvalue weighted by Gasteiger charge is 2.33. The number of carbonyl (C=O) groups is 2. The number of amides is 2. The van der Waals surface area contributed by atoms with Crippen molar-refractivity contribution in [3.63, 3.8) is 0 Å². The molecule has 0 aromatic carbocycles. The van der Waals surface area contributed by atoms with Gasteiger partial charge in [-0.15, -0.1) is 0 Å². The fourth-order valence-corrected chi connectivity index (χ4v) is 2.58. The molecule has 1 heterocycles. The third-order valence-electron chi connectivity index (χ3n) is 3.75. The Morgan fingerprint density at radius 3 is 2.53 bits per heavy atom. The SMILES string of the molecule is CN1CC(C(=O)NC2CCC(O)CC2)CC1=O. The molecular weight excluding hydrogens is 220 g/mol. The average molecular weight is 240 g/mol. The molecule has 2 aliphatic rings. The van der Waals surface area contributed by atoms with Crippen LogP contribution in [-0.4, -0.2) is 47.6 Å². The fraction of sp³-hybridized carbons (Fsp3) is 0.833. The Bertz CT molecular complexity index is 311. The Morgan fingerprint density at radius 1 is 1.35 bits per heavy atom. The van der Waals surface area contributed by atoms with Crippen molar-refractivity contribution in [2.75, 3.05) is 13.6 Å². The summed E-state index contributed by atoms with van der Waals surface area (Å²) in [5.74, 6) is -0.160. The van der Waals surface area contributed by atoms with Gasteiger partial charge in [-0.05, 0) is 25.7 Å². The number of nitrogens with one attached hydrogen (secondary N) is 1. The molecule has 1 aliphatic heterocycles. The second kappa shape index (κ2) is 5.04. The van der Waals surface area contributed by atoms with Gasteiger partial charge in [-0.1, -0.05) is 0 Å². The molecular formula is C12H20N2O3. The van der Waals surface area contributed by atoms with Crippen molar-refractivity contribution in [1.29, 1.82) is 0 Å². The minimum Gasteiger partial charge on any atom is -0.393 e. The van der Waals surface area contributed by atoms with E-state index in [9.17, 15) is 14.7 Å². The van der Waals surface area contributed by atoms with E-state index in [4.69, 9.17) is 0 Å². The van der Waals surface area contributed by atoms with Gasteiger partial charge in [0.1, 0.15) is 0 Å². The molecule has 1 atom stereocenters. The van der Waals surface area contributed by atoms with Crippen molar-refractivity contribution in [1.82, 2.24) is 10.2 Å². The van der Waals surface area contributed by atoms with Gasteiger partial charge in [-0.2, -0.15) is 0 Å². The number of rotatable bonds is 2. The van der Waals surface area contributed by atoms with Gasteiger partial charge in [-0.25, -0.2) is 0 Å². The Kier molecular flexibility index (Phi) is 3.66. The Balaban J connectivity index is 1.79. The van der Waals surface area contributed by atoms with E-state index in [0.29, 0.717) is 13.0 Å². The minimum absolute atomic E-state index is 0.0101. The smallest absolute Gasteiger partial charge is 0.225 e. The maximum absolute atomic E-state index is 11.9. The molecule has 0 bridgehead atoms. The van der Waals surface area contributed by atoms with Crippen LogP contribution in [-0.2, 0) is 9.59 Å². The topological polar surface area (TPSA) is 69.6 Å². The maximum Gasteiger partial charge on any atom is 0.225 e. The standard InChI is InChI=1S/C12H20N2O3/c1-14-7-8(6-11(14)16)12(17)13-9-2-4-10(15)5-3-9/h8-10,15H,2-7H2,1H3,(H,13,17). The first-order chi connectivity index (χ1) is 8.06. The molecule has 0 radical (unpaired) electrons. The number of carbonyl (C=O) groups excluding carboxylic acids is 2. The third-order valence-corrected chi connectivity index (χ3v) is 3.75. The van der Waals surface area contributed by atoms with E-state index in [2.05, 4.69) is 5.32 Å². The molecule has 1 saturated heterocycles. The monoisotopic (exact) mass is 240 g/mol. The Morgan fingerprint density at radius 2 is 2.00 bits per heavy atom. The average Bonchev–Trinajstić information content (AvgIpc) is 2.63. The van der Waals surface area contributed by atoms with Crippen molar-refractivity contribution in [3.05, 3.63) is 0 Å². The highest BCUT2D eigenvalue weighted by atomic mass is 16.3. The van der Waals surface area contributed by atoms with Crippen LogP contribution >= 0.6 is 0 Å². The molecule has 96 valence electrons.